The van der Waals surface area contributed by atoms with Crippen molar-refractivity contribution in [1.29, 1.82) is 0 Å². The third-order valence-electron chi connectivity index (χ3n) is 2.44. The maximum absolute atomic E-state index is 12.0. The van der Waals surface area contributed by atoms with Gasteiger partial charge in [-0.2, -0.15) is 9.98 Å². The summed E-state index contributed by atoms with van der Waals surface area (Å²) in [4.78, 5) is 75.6. The van der Waals surface area contributed by atoms with Crippen molar-refractivity contribution in [2.24, 2.45) is 15.0 Å². The van der Waals surface area contributed by atoms with Gasteiger partial charge in [-0.25, -0.2) is 47.5 Å². The van der Waals surface area contributed by atoms with Gasteiger partial charge < -0.3 is 0 Å². The normalized spacial score (nSPS) is 9.27. The van der Waals surface area contributed by atoms with Gasteiger partial charge in [0.05, 0.1) is 13.1 Å². The van der Waals surface area contributed by atoms with Crippen LogP contribution in [0, 0.1) is 0 Å². The summed E-state index contributed by atoms with van der Waals surface area (Å²) in [5.74, 6) is 0. The molecule has 0 N–H and O–H groups in total. The standard InChI is InChI=1S/C10H8N6O6/c17-5-11-1-2-14-8(20)15(3-12-6-18)10(22)16(9(14)21)4-13-7-19/h1-4H2. The van der Waals surface area contributed by atoms with E-state index in [9.17, 15) is 28.8 Å². The molecule has 0 saturated heterocycles. The first-order chi connectivity index (χ1) is 10.6. The predicted molar refractivity (Wildman–Crippen MR) is 68.5 cm³/mol. The molecule has 0 aromatic carbocycles. The molecule has 0 amide bonds. The minimum absolute atomic E-state index is 0.231. The van der Waals surface area contributed by atoms with Crippen LogP contribution in [-0.2, 0) is 34.3 Å². The Hall–Kier alpha value is -3.45. The molecule has 22 heavy (non-hydrogen) atoms. The van der Waals surface area contributed by atoms with Gasteiger partial charge >= 0.3 is 17.1 Å². The molecule has 0 bridgehead atoms. The maximum atomic E-state index is 12.0. The third-order valence-corrected chi connectivity index (χ3v) is 2.44. The third kappa shape index (κ3) is 3.56. The molecule has 0 atom stereocenters. The maximum Gasteiger partial charge on any atom is 0.339 e. The van der Waals surface area contributed by atoms with Gasteiger partial charge in [0.25, 0.3) is 0 Å². The van der Waals surface area contributed by atoms with E-state index in [1.807, 2.05) is 0 Å². The summed E-state index contributed by atoms with van der Waals surface area (Å²) in [6, 6.07) is 0. The SMILES string of the molecule is O=C=NCCn1c(=O)n(CN=C=O)c(=O)n(CN=C=O)c1=O. The van der Waals surface area contributed by atoms with Crippen molar-refractivity contribution >= 4 is 18.2 Å². The van der Waals surface area contributed by atoms with E-state index in [2.05, 4.69) is 15.0 Å². The van der Waals surface area contributed by atoms with Crippen LogP contribution in [0.5, 0.6) is 0 Å². The van der Waals surface area contributed by atoms with Crippen LogP contribution in [0.4, 0.5) is 0 Å². The average molecular weight is 308 g/mol. The fourth-order valence-electron chi connectivity index (χ4n) is 1.51. The van der Waals surface area contributed by atoms with Gasteiger partial charge in [0, 0.05) is 0 Å². The van der Waals surface area contributed by atoms with Crippen molar-refractivity contribution in [1.82, 2.24) is 13.7 Å². The van der Waals surface area contributed by atoms with E-state index in [1.54, 1.807) is 0 Å². The van der Waals surface area contributed by atoms with Crippen LogP contribution < -0.4 is 17.1 Å². The summed E-state index contributed by atoms with van der Waals surface area (Å²) >= 11 is 0. The monoisotopic (exact) mass is 308 g/mol. The molecule has 1 aromatic rings. The van der Waals surface area contributed by atoms with Crippen molar-refractivity contribution in [3.05, 3.63) is 31.5 Å². The van der Waals surface area contributed by atoms with Gasteiger partial charge in [-0.3, -0.25) is 0 Å². The summed E-state index contributed by atoms with van der Waals surface area (Å²) in [7, 11) is 0. The lowest BCUT2D eigenvalue weighted by Gasteiger charge is -2.09. The Kier molecular flexibility index (Phi) is 6.02. The van der Waals surface area contributed by atoms with E-state index in [-0.39, 0.29) is 13.1 Å². The first kappa shape index (κ1) is 16.6. The highest BCUT2D eigenvalue weighted by atomic mass is 16.2. The molecule has 1 heterocycles. The molecular weight excluding hydrogens is 300 g/mol. The van der Waals surface area contributed by atoms with Crippen LogP contribution in [0.15, 0.2) is 29.4 Å². The fourth-order valence-corrected chi connectivity index (χ4v) is 1.51. The van der Waals surface area contributed by atoms with Gasteiger partial charge in [-0.05, 0) is 0 Å². The van der Waals surface area contributed by atoms with Crippen LogP contribution in [0.2, 0.25) is 0 Å². The molecule has 12 heteroatoms. The molecule has 0 saturated carbocycles. The smallest absolute Gasteiger partial charge is 0.247 e. The molecule has 0 aliphatic heterocycles. The van der Waals surface area contributed by atoms with E-state index in [0.717, 1.165) is 12.2 Å². The van der Waals surface area contributed by atoms with Crippen molar-refractivity contribution in [2.45, 2.75) is 19.9 Å². The largest absolute Gasteiger partial charge is 0.339 e. The Bertz CT molecular complexity index is 814. The number of hydrogen-bond acceptors (Lipinski definition) is 9. The molecule has 1 rings (SSSR count). The van der Waals surface area contributed by atoms with E-state index in [0.29, 0.717) is 13.7 Å². The molecule has 114 valence electrons. The van der Waals surface area contributed by atoms with Crippen LogP contribution in [0.1, 0.15) is 0 Å². The van der Waals surface area contributed by atoms with E-state index in [1.165, 1.54) is 6.08 Å². The Morgan fingerprint density at radius 2 is 1.09 bits per heavy atom. The highest BCUT2D eigenvalue weighted by Crippen LogP contribution is 1.80. The number of aromatic nitrogens is 3. The molecule has 12 nitrogen and oxygen atoms in total. The zero-order valence-electron chi connectivity index (χ0n) is 11.0. The second kappa shape index (κ2) is 7.98. The molecule has 0 aliphatic rings. The minimum atomic E-state index is -1.11. The number of carbonyl (C=O) groups excluding carboxylic acids is 3. The summed E-state index contributed by atoms with van der Waals surface area (Å²) in [5.41, 5.74) is -3.22. The molecule has 0 radical (unpaired) electrons. The zero-order chi connectivity index (χ0) is 16.5. The molecule has 1 aromatic heterocycles. The van der Waals surface area contributed by atoms with E-state index < -0.39 is 30.4 Å². The van der Waals surface area contributed by atoms with Gasteiger partial charge in [0.15, 0.2) is 0 Å². The Morgan fingerprint density at radius 1 is 0.682 bits per heavy atom. The van der Waals surface area contributed by atoms with Crippen LogP contribution in [-0.4, -0.2) is 38.5 Å². The molecule has 0 unspecified atom stereocenters. The highest BCUT2D eigenvalue weighted by Gasteiger charge is 2.14. The van der Waals surface area contributed by atoms with Crippen molar-refractivity contribution in [3.8, 4) is 0 Å². The number of nitrogens with zero attached hydrogens (tertiary/aromatic N) is 6. The summed E-state index contributed by atoms with van der Waals surface area (Å²) in [5, 5.41) is 0. The Labute approximate surface area is 120 Å². The fraction of sp³-hybridized carbons (Fsp3) is 0.400. The van der Waals surface area contributed by atoms with Crippen molar-refractivity contribution < 1.29 is 14.4 Å². The summed E-state index contributed by atoms with van der Waals surface area (Å²) in [6.07, 6.45) is 3.52. The van der Waals surface area contributed by atoms with E-state index >= 15 is 0 Å². The van der Waals surface area contributed by atoms with Gasteiger partial charge in [0.1, 0.15) is 13.3 Å². The molecule has 0 spiro atoms. The first-order valence-electron chi connectivity index (χ1n) is 5.63. The number of hydrogen-bond donors (Lipinski definition) is 0. The van der Waals surface area contributed by atoms with Crippen LogP contribution in [0.3, 0.4) is 0 Å². The predicted octanol–water partition coefficient (Wildman–Crippen LogP) is -2.91. The number of isocyanates is 3. The second-order valence-corrected chi connectivity index (χ2v) is 3.61. The van der Waals surface area contributed by atoms with Crippen LogP contribution in [0.25, 0.3) is 0 Å². The minimum Gasteiger partial charge on any atom is -0.247 e. The van der Waals surface area contributed by atoms with Gasteiger partial charge in [-0.15, -0.1) is 0 Å². The number of aliphatic imine (C=N–C) groups is 3. The average Bonchev–Trinajstić information content (AvgIpc) is 2.50. The van der Waals surface area contributed by atoms with Gasteiger partial charge in [-0.1, -0.05) is 0 Å². The van der Waals surface area contributed by atoms with Crippen molar-refractivity contribution in [3.63, 3.8) is 0 Å². The lowest BCUT2D eigenvalue weighted by atomic mass is 10.6. The van der Waals surface area contributed by atoms with Crippen LogP contribution >= 0.6 is 0 Å². The van der Waals surface area contributed by atoms with Crippen molar-refractivity contribution in [2.75, 3.05) is 6.54 Å². The lowest BCUT2D eigenvalue weighted by Crippen LogP contribution is -2.54. The highest BCUT2D eigenvalue weighted by molar-refractivity contribution is 5.33. The Morgan fingerprint density at radius 3 is 1.50 bits per heavy atom. The topological polar surface area (TPSA) is 154 Å². The first-order valence-corrected chi connectivity index (χ1v) is 5.63. The second-order valence-electron chi connectivity index (χ2n) is 3.61. The summed E-state index contributed by atoms with van der Waals surface area (Å²) in [6.45, 7) is -1.88. The zero-order valence-corrected chi connectivity index (χ0v) is 11.0. The summed E-state index contributed by atoms with van der Waals surface area (Å²) < 4.78 is 1.53. The molecule has 0 fully saturated rings. The lowest BCUT2D eigenvalue weighted by molar-refractivity contribution is 0.453. The van der Waals surface area contributed by atoms with Gasteiger partial charge in [0.2, 0.25) is 18.2 Å². The molecular formula is C10H8N6O6. The van der Waals surface area contributed by atoms with E-state index in [4.69, 9.17) is 0 Å². The quantitative estimate of drug-likeness (QED) is 0.388. The molecule has 0 aliphatic carbocycles. The Balaban J connectivity index is 3.60. The number of rotatable bonds is 7.